The topological polar surface area (TPSA) is 58.4 Å². The number of carbonyl (C=O) groups excluding carboxylic acids is 1. The Morgan fingerprint density at radius 2 is 2.15 bits per heavy atom. The van der Waals surface area contributed by atoms with E-state index in [9.17, 15) is 4.79 Å². The SMILES string of the molecule is CCN(CC)C1CNC(C(N)=O)C1. The summed E-state index contributed by atoms with van der Waals surface area (Å²) < 4.78 is 0. The Balaban J connectivity index is 2.43. The van der Waals surface area contributed by atoms with Crippen molar-refractivity contribution in [1.29, 1.82) is 0 Å². The minimum absolute atomic E-state index is 0.120. The van der Waals surface area contributed by atoms with Crippen LogP contribution in [0.5, 0.6) is 0 Å². The Morgan fingerprint density at radius 1 is 1.54 bits per heavy atom. The molecule has 0 aromatic heterocycles. The van der Waals surface area contributed by atoms with Crippen LogP contribution in [0.1, 0.15) is 20.3 Å². The van der Waals surface area contributed by atoms with Crippen LogP contribution in [0, 0.1) is 0 Å². The van der Waals surface area contributed by atoms with E-state index >= 15 is 0 Å². The van der Waals surface area contributed by atoms with Crippen molar-refractivity contribution in [3.63, 3.8) is 0 Å². The maximum absolute atomic E-state index is 10.9. The van der Waals surface area contributed by atoms with Gasteiger partial charge in [0.2, 0.25) is 5.91 Å². The Morgan fingerprint density at radius 3 is 2.54 bits per heavy atom. The summed E-state index contributed by atoms with van der Waals surface area (Å²) in [5.74, 6) is -0.227. The molecular weight excluding hydrogens is 166 g/mol. The van der Waals surface area contributed by atoms with Gasteiger partial charge in [0.1, 0.15) is 0 Å². The maximum Gasteiger partial charge on any atom is 0.234 e. The highest BCUT2D eigenvalue weighted by Crippen LogP contribution is 2.12. The van der Waals surface area contributed by atoms with Crippen molar-refractivity contribution in [1.82, 2.24) is 10.2 Å². The normalized spacial score (nSPS) is 28.2. The number of primary amides is 1. The number of amides is 1. The van der Waals surface area contributed by atoms with E-state index in [0.717, 1.165) is 26.1 Å². The molecule has 2 unspecified atom stereocenters. The Kier molecular flexibility index (Phi) is 3.69. The summed E-state index contributed by atoms with van der Waals surface area (Å²) in [6, 6.07) is 0.359. The quantitative estimate of drug-likeness (QED) is 0.623. The molecule has 0 radical (unpaired) electrons. The number of hydrogen-bond donors (Lipinski definition) is 2. The molecule has 76 valence electrons. The molecule has 3 N–H and O–H groups in total. The van der Waals surface area contributed by atoms with Crippen LogP contribution < -0.4 is 11.1 Å². The standard InChI is InChI=1S/C9H19N3O/c1-3-12(4-2)7-5-8(9(10)13)11-6-7/h7-8,11H,3-6H2,1-2H3,(H2,10,13). The predicted molar refractivity (Wildman–Crippen MR) is 52.3 cm³/mol. The van der Waals surface area contributed by atoms with Crippen molar-refractivity contribution in [3.8, 4) is 0 Å². The molecule has 1 heterocycles. The number of hydrogen-bond acceptors (Lipinski definition) is 3. The van der Waals surface area contributed by atoms with Gasteiger partial charge in [0.25, 0.3) is 0 Å². The largest absolute Gasteiger partial charge is 0.368 e. The molecule has 1 saturated heterocycles. The number of carbonyl (C=O) groups is 1. The minimum Gasteiger partial charge on any atom is -0.368 e. The Labute approximate surface area is 79.5 Å². The highest BCUT2D eigenvalue weighted by molar-refractivity contribution is 5.80. The van der Waals surface area contributed by atoms with E-state index < -0.39 is 0 Å². The fourth-order valence-electron chi connectivity index (χ4n) is 1.95. The zero-order valence-electron chi connectivity index (χ0n) is 8.42. The lowest BCUT2D eigenvalue weighted by molar-refractivity contribution is -0.119. The van der Waals surface area contributed by atoms with Gasteiger partial charge in [-0.1, -0.05) is 13.8 Å². The van der Waals surface area contributed by atoms with E-state index in [0.29, 0.717) is 6.04 Å². The van der Waals surface area contributed by atoms with Gasteiger partial charge in [0, 0.05) is 12.6 Å². The van der Waals surface area contributed by atoms with Crippen LogP contribution in [-0.2, 0) is 4.79 Å². The third-order valence-electron chi connectivity index (χ3n) is 2.78. The monoisotopic (exact) mass is 185 g/mol. The maximum atomic E-state index is 10.9. The predicted octanol–water partition coefficient (Wildman–Crippen LogP) is -0.456. The van der Waals surface area contributed by atoms with Crippen molar-refractivity contribution in [3.05, 3.63) is 0 Å². The second-order valence-electron chi connectivity index (χ2n) is 3.47. The second-order valence-corrected chi connectivity index (χ2v) is 3.47. The lowest BCUT2D eigenvalue weighted by Crippen LogP contribution is -2.36. The van der Waals surface area contributed by atoms with Crippen molar-refractivity contribution >= 4 is 5.91 Å². The van der Waals surface area contributed by atoms with Crippen LogP contribution in [0.2, 0.25) is 0 Å². The van der Waals surface area contributed by atoms with Gasteiger partial charge in [-0.05, 0) is 19.5 Å². The molecule has 0 spiro atoms. The third kappa shape index (κ3) is 2.42. The van der Waals surface area contributed by atoms with Gasteiger partial charge in [-0.2, -0.15) is 0 Å². The van der Waals surface area contributed by atoms with Gasteiger partial charge < -0.3 is 11.1 Å². The molecule has 4 heteroatoms. The van der Waals surface area contributed by atoms with Crippen molar-refractivity contribution < 1.29 is 4.79 Å². The first-order valence-corrected chi connectivity index (χ1v) is 4.95. The molecule has 1 aliphatic rings. The molecule has 0 aromatic carbocycles. The summed E-state index contributed by atoms with van der Waals surface area (Å²) in [6.45, 7) is 7.24. The zero-order chi connectivity index (χ0) is 9.84. The molecular formula is C9H19N3O. The molecule has 0 aromatic rings. The summed E-state index contributed by atoms with van der Waals surface area (Å²) in [6.07, 6.45) is 0.858. The van der Waals surface area contributed by atoms with Gasteiger partial charge in [-0.3, -0.25) is 9.69 Å². The molecule has 4 nitrogen and oxygen atoms in total. The van der Waals surface area contributed by atoms with Crippen LogP contribution >= 0.6 is 0 Å². The van der Waals surface area contributed by atoms with Crippen LogP contribution in [0.15, 0.2) is 0 Å². The van der Waals surface area contributed by atoms with E-state index in [1.807, 2.05) is 0 Å². The molecule has 1 amide bonds. The van der Waals surface area contributed by atoms with Crippen LogP contribution in [0.25, 0.3) is 0 Å². The molecule has 0 bridgehead atoms. The van der Waals surface area contributed by atoms with Crippen LogP contribution in [-0.4, -0.2) is 42.5 Å². The minimum atomic E-state index is -0.227. The van der Waals surface area contributed by atoms with Crippen LogP contribution in [0.3, 0.4) is 0 Å². The second kappa shape index (κ2) is 4.58. The van der Waals surface area contributed by atoms with Crippen molar-refractivity contribution in [2.45, 2.75) is 32.4 Å². The number of likely N-dealkylation sites (N-methyl/N-ethyl adjacent to an activating group) is 1. The van der Waals surface area contributed by atoms with E-state index in [1.54, 1.807) is 0 Å². The molecule has 1 fully saturated rings. The highest BCUT2D eigenvalue weighted by Gasteiger charge is 2.30. The van der Waals surface area contributed by atoms with Gasteiger partial charge >= 0.3 is 0 Å². The van der Waals surface area contributed by atoms with E-state index in [1.165, 1.54) is 0 Å². The summed E-state index contributed by atoms with van der Waals surface area (Å²) in [4.78, 5) is 13.2. The summed E-state index contributed by atoms with van der Waals surface area (Å²) in [7, 11) is 0. The summed E-state index contributed by atoms with van der Waals surface area (Å²) in [5, 5.41) is 3.14. The number of rotatable bonds is 4. The number of nitrogens with zero attached hydrogens (tertiary/aromatic N) is 1. The summed E-state index contributed by atoms with van der Waals surface area (Å²) in [5.41, 5.74) is 5.22. The number of nitrogens with one attached hydrogen (secondary N) is 1. The van der Waals surface area contributed by atoms with Crippen molar-refractivity contribution in [2.75, 3.05) is 19.6 Å². The fourth-order valence-corrected chi connectivity index (χ4v) is 1.95. The smallest absolute Gasteiger partial charge is 0.234 e. The average Bonchev–Trinajstić information content (AvgIpc) is 2.56. The zero-order valence-corrected chi connectivity index (χ0v) is 8.42. The lowest BCUT2D eigenvalue weighted by Gasteiger charge is -2.24. The molecule has 1 rings (SSSR count). The molecule has 1 aliphatic heterocycles. The van der Waals surface area contributed by atoms with Gasteiger partial charge in [0.15, 0.2) is 0 Å². The van der Waals surface area contributed by atoms with E-state index in [-0.39, 0.29) is 11.9 Å². The van der Waals surface area contributed by atoms with Gasteiger partial charge in [-0.25, -0.2) is 0 Å². The highest BCUT2D eigenvalue weighted by atomic mass is 16.1. The van der Waals surface area contributed by atoms with Gasteiger partial charge in [-0.15, -0.1) is 0 Å². The molecule has 0 aliphatic carbocycles. The van der Waals surface area contributed by atoms with Crippen molar-refractivity contribution in [2.24, 2.45) is 5.73 Å². The Bertz CT molecular complexity index is 180. The first kappa shape index (κ1) is 10.5. The Hall–Kier alpha value is -0.610. The van der Waals surface area contributed by atoms with Gasteiger partial charge in [0.05, 0.1) is 6.04 Å². The van der Waals surface area contributed by atoms with E-state index in [4.69, 9.17) is 5.73 Å². The summed E-state index contributed by atoms with van der Waals surface area (Å²) >= 11 is 0. The molecule has 0 saturated carbocycles. The lowest BCUT2D eigenvalue weighted by atomic mass is 10.1. The van der Waals surface area contributed by atoms with E-state index in [2.05, 4.69) is 24.1 Å². The third-order valence-corrected chi connectivity index (χ3v) is 2.78. The first-order valence-electron chi connectivity index (χ1n) is 4.95. The average molecular weight is 185 g/mol. The fraction of sp³-hybridized carbons (Fsp3) is 0.889. The molecule has 13 heavy (non-hydrogen) atoms. The van der Waals surface area contributed by atoms with Crippen LogP contribution in [0.4, 0.5) is 0 Å². The first-order chi connectivity index (χ1) is 6.19. The molecule has 2 atom stereocenters. The number of nitrogens with two attached hydrogens (primary N) is 1.